The molecule has 2 aliphatic heterocycles. The Morgan fingerprint density at radius 3 is 2.44 bits per heavy atom. The third-order valence-electron chi connectivity index (χ3n) is 6.05. The van der Waals surface area contributed by atoms with Gasteiger partial charge in [0.1, 0.15) is 0 Å². The number of rotatable bonds is 3. The van der Waals surface area contributed by atoms with Gasteiger partial charge >= 0.3 is 6.18 Å². The van der Waals surface area contributed by atoms with Crippen LogP contribution in [0.15, 0.2) is 23.1 Å². The largest absolute Gasteiger partial charge is 0.416 e. The first-order chi connectivity index (χ1) is 12.5. The molecule has 2 heterocycles. The molecule has 3 aliphatic rings. The molecule has 2 unspecified atom stereocenters. The molecule has 1 aromatic rings. The Balaban J connectivity index is 0.00000210. The molecular weight excluding hydrogens is 393 g/mol. The van der Waals surface area contributed by atoms with Crippen molar-refractivity contribution in [2.24, 2.45) is 0 Å². The van der Waals surface area contributed by atoms with Crippen LogP contribution in [0.1, 0.15) is 50.5 Å². The topological polar surface area (TPSA) is 6.48 Å². The average Bonchev–Trinajstić information content (AvgIpc) is 3.02. The van der Waals surface area contributed by atoms with E-state index in [2.05, 4.69) is 9.80 Å². The average molecular weight is 421 g/mol. The lowest BCUT2D eigenvalue weighted by Gasteiger charge is -2.43. The van der Waals surface area contributed by atoms with Gasteiger partial charge < -0.3 is 9.80 Å². The number of thioether (sulfide) groups is 1. The van der Waals surface area contributed by atoms with E-state index in [0.29, 0.717) is 11.3 Å². The van der Waals surface area contributed by atoms with Gasteiger partial charge in [-0.1, -0.05) is 19.3 Å². The van der Waals surface area contributed by atoms with Crippen molar-refractivity contribution in [2.75, 3.05) is 31.1 Å². The Hall–Kier alpha value is -0.590. The number of fused-ring (bicyclic) bond motifs is 2. The summed E-state index contributed by atoms with van der Waals surface area (Å²) in [7, 11) is 0. The zero-order valence-electron chi connectivity index (χ0n) is 15.5. The number of likely N-dealkylation sites (tertiary alicyclic amines) is 1. The predicted octanol–water partition coefficient (Wildman–Crippen LogP) is 5.84. The SMILES string of the molecule is Cl.FC(F)(F)c1ccc2c(c1)N(CCN1CCCC1)C1CCCCCC1S2. The van der Waals surface area contributed by atoms with E-state index in [1.165, 1.54) is 50.7 Å². The third kappa shape index (κ3) is 4.70. The molecule has 1 saturated carbocycles. The summed E-state index contributed by atoms with van der Waals surface area (Å²) in [6.07, 6.45) is 4.18. The summed E-state index contributed by atoms with van der Waals surface area (Å²) < 4.78 is 39.8. The lowest BCUT2D eigenvalue weighted by atomic mass is 10.0. The number of benzene rings is 1. The van der Waals surface area contributed by atoms with Gasteiger partial charge in [-0.15, -0.1) is 24.2 Å². The summed E-state index contributed by atoms with van der Waals surface area (Å²) in [5.74, 6) is 0. The third-order valence-corrected chi connectivity index (χ3v) is 7.50. The van der Waals surface area contributed by atoms with Crippen LogP contribution in [0, 0.1) is 0 Å². The minimum atomic E-state index is -4.28. The van der Waals surface area contributed by atoms with Crippen molar-refractivity contribution in [2.45, 2.75) is 67.3 Å². The van der Waals surface area contributed by atoms with E-state index in [1.807, 2.05) is 11.8 Å². The van der Waals surface area contributed by atoms with Crippen LogP contribution in [0.5, 0.6) is 0 Å². The molecular formula is C20H28ClF3N2S. The molecule has 1 aliphatic carbocycles. The van der Waals surface area contributed by atoms with Crippen molar-refractivity contribution in [1.29, 1.82) is 0 Å². The van der Waals surface area contributed by atoms with Gasteiger partial charge in [-0.05, 0) is 57.0 Å². The zero-order valence-corrected chi connectivity index (χ0v) is 17.1. The Morgan fingerprint density at radius 1 is 0.963 bits per heavy atom. The fourth-order valence-corrected chi connectivity index (χ4v) is 6.14. The molecule has 152 valence electrons. The van der Waals surface area contributed by atoms with Crippen molar-refractivity contribution >= 4 is 29.9 Å². The molecule has 0 aromatic heterocycles. The monoisotopic (exact) mass is 420 g/mol. The van der Waals surface area contributed by atoms with Crippen LogP contribution < -0.4 is 4.90 Å². The van der Waals surface area contributed by atoms with Gasteiger partial charge in [-0.2, -0.15) is 13.2 Å². The molecule has 0 bridgehead atoms. The van der Waals surface area contributed by atoms with E-state index in [-0.39, 0.29) is 12.4 Å². The molecule has 7 heteroatoms. The van der Waals surface area contributed by atoms with Gasteiger partial charge in [0.15, 0.2) is 0 Å². The van der Waals surface area contributed by atoms with Gasteiger partial charge in [0.25, 0.3) is 0 Å². The molecule has 4 rings (SSSR count). The fourth-order valence-electron chi connectivity index (χ4n) is 4.65. The minimum Gasteiger partial charge on any atom is -0.365 e. The predicted molar refractivity (Wildman–Crippen MR) is 108 cm³/mol. The first-order valence-corrected chi connectivity index (χ1v) is 10.8. The summed E-state index contributed by atoms with van der Waals surface area (Å²) in [5.41, 5.74) is 0.294. The van der Waals surface area contributed by atoms with Gasteiger partial charge in [0.05, 0.1) is 11.3 Å². The minimum absolute atomic E-state index is 0. The van der Waals surface area contributed by atoms with Crippen molar-refractivity contribution in [3.63, 3.8) is 0 Å². The smallest absolute Gasteiger partial charge is 0.365 e. The summed E-state index contributed by atoms with van der Waals surface area (Å²) in [4.78, 5) is 5.82. The van der Waals surface area contributed by atoms with Crippen molar-refractivity contribution in [3.8, 4) is 0 Å². The lowest BCUT2D eigenvalue weighted by Crippen LogP contribution is -2.47. The van der Waals surface area contributed by atoms with Crippen molar-refractivity contribution in [3.05, 3.63) is 23.8 Å². The highest BCUT2D eigenvalue weighted by Gasteiger charge is 2.38. The molecule has 2 fully saturated rings. The van der Waals surface area contributed by atoms with Crippen molar-refractivity contribution < 1.29 is 13.2 Å². The van der Waals surface area contributed by atoms with Crippen molar-refractivity contribution in [1.82, 2.24) is 4.90 Å². The second-order valence-corrected chi connectivity index (χ2v) is 9.07. The van der Waals surface area contributed by atoms with Gasteiger partial charge in [-0.25, -0.2) is 0 Å². The number of anilines is 1. The lowest BCUT2D eigenvalue weighted by molar-refractivity contribution is -0.137. The Morgan fingerprint density at radius 2 is 1.70 bits per heavy atom. The Kier molecular flexibility index (Phi) is 6.91. The summed E-state index contributed by atoms with van der Waals surface area (Å²) in [6.45, 7) is 4.07. The van der Waals surface area contributed by atoms with E-state index in [9.17, 15) is 13.2 Å². The summed E-state index contributed by atoms with van der Waals surface area (Å²) in [5, 5.41) is 0.514. The van der Waals surface area contributed by atoms with Crippen LogP contribution >= 0.6 is 24.2 Å². The van der Waals surface area contributed by atoms with E-state index >= 15 is 0 Å². The molecule has 27 heavy (non-hydrogen) atoms. The van der Waals surface area contributed by atoms with Crippen LogP contribution in [-0.2, 0) is 6.18 Å². The second kappa shape index (κ2) is 8.83. The summed E-state index contributed by atoms with van der Waals surface area (Å²) in [6, 6.07) is 4.72. The molecule has 0 amide bonds. The molecule has 0 N–H and O–H groups in total. The Bertz CT molecular complexity index is 634. The van der Waals surface area contributed by atoms with E-state index < -0.39 is 11.7 Å². The first kappa shape index (κ1) is 21.1. The molecule has 2 atom stereocenters. The highest BCUT2D eigenvalue weighted by atomic mass is 35.5. The van der Waals surface area contributed by atoms with Gasteiger partial charge in [-0.3, -0.25) is 0 Å². The first-order valence-electron chi connectivity index (χ1n) is 9.89. The van der Waals surface area contributed by atoms with Crippen LogP contribution in [0.3, 0.4) is 0 Å². The summed E-state index contributed by atoms with van der Waals surface area (Å²) >= 11 is 1.81. The normalized spacial score (nSPS) is 26.1. The van der Waals surface area contributed by atoms with Gasteiger partial charge in [0.2, 0.25) is 0 Å². The fraction of sp³-hybridized carbons (Fsp3) is 0.700. The second-order valence-electron chi connectivity index (χ2n) is 7.78. The zero-order chi connectivity index (χ0) is 18.1. The highest BCUT2D eigenvalue weighted by molar-refractivity contribution is 8.00. The van der Waals surface area contributed by atoms with Crippen LogP contribution in [-0.4, -0.2) is 42.4 Å². The van der Waals surface area contributed by atoms with E-state index in [1.54, 1.807) is 6.07 Å². The van der Waals surface area contributed by atoms with E-state index in [0.717, 1.165) is 43.2 Å². The molecule has 0 spiro atoms. The van der Waals surface area contributed by atoms with Crippen LogP contribution in [0.4, 0.5) is 18.9 Å². The molecule has 1 saturated heterocycles. The van der Waals surface area contributed by atoms with E-state index in [4.69, 9.17) is 0 Å². The standard InChI is InChI=1S/C20H27F3N2S.ClH/c21-20(22,23)15-8-9-19-17(14-15)25(13-12-24-10-4-5-11-24)16-6-2-1-3-7-18(16)26-19;/h8-9,14,16,18H,1-7,10-13H2;1H. The number of nitrogens with zero attached hydrogens (tertiary/aromatic N) is 2. The van der Waals surface area contributed by atoms with Crippen LogP contribution in [0.2, 0.25) is 0 Å². The maximum Gasteiger partial charge on any atom is 0.416 e. The quantitative estimate of drug-likeness (QED) is 0.606. The molecule has 0 radical (unpaired) electrons. The molecule has 2 nitrogen and oxygen atoms in total. The van der Waals surface area contributed by atoms with Crippen LogP contribution in [0.25, 0.3) is 0 Å². The maximum atomic E-state index is 13.3. The highest BCUT2D eigenvalue weighted by Crippen LogP contribution is 2.47. The van der Waals surface area contributed by atoms with Gasteiger partial charge in [0, 0.05) is 29.3 Å². The number of halogens is 4. The number of hydrogen-bond acceptors (Lipinski definition) is 3. The maximum absolute atomic E-state index is 13.3. The number of alkyl halides is 3. The Labute approximate surface area is 170 Å². The number of hydrogen-bond donors (Lipinski definition) is 0. The molecule has 1 aromatic carbocycles.